The molecule has 192 valence electrons. The smallest absolute Gasteiger partial charge is 0.00773 e. The van der Waals surface area contributed by atoms with Crippen LogP contribution in [0.15, 0.2) is 12.2 Å². The second-order valence-electron chi connectivity index (χ2n) is 10.3. The Morgan fingerprint density at radius 1 is 0.344 bits per heavy atom. The van der Waals surface area contributed by atoms with E-state index in [9.17, 15) is 0 Å². The molecule has 2 N–H and O–H groups in total. The highest BCUT2D eigenvalue weighted by Crippen LogP contribution is 2.15. The normalized spacial score (nSPS) is 11.7. The van der Waals surface area contributed by atoms with E-state index in [4.69, 9.17) is 5.73 Å². The minimum absolute atomic E-state index is 0.865. The summed E-state index contributed by atoms with van der Waals surface area (Å²) in [6.07, 6.45) is 43.3. The maximum atomic E-state index is 5.53. The average Bonchev–Trinajstić information content (AvgIpc) is 2.81. The fourth-order valence-corrected chi connectivity index (χ4v) is 4.69. The van der Waals surface area contributed by atoms with Crippen molar-refractivity contribution in [3.05, 3.63) is 12.2 Å². The molecule has 0 saturated carbocycles. The summed E-state index contributed by atoms with van der Waals surface area (Å²) in [5.74, 6) is 0. The van der Waals surface area contributed by atoms with Gasteiger partial charge in [-0.2, -0.15) is 0 Å². The lowest BCUT2D eigenvalue weighted by atomic mass is 10.0. The molecule has 0 saturated heterocycles. The van der Waals surface area contributed by atoms with Crippen LogP contribution in [0.25, 0.3) is 0 Å². The summed E-state index contributed by atoms with van der Waals surface area (Å²) < 4.78 is 0. The van der Waals surface area contributed by atoms with Gasteiger partial charge in [-0.3, -0.25) is 0 Å². The minimum atomic E-state index is 0.865. The predicted octanol–water partition coefficient (Wildman–Crippen LogP) is 11.1. The van der Waals surface area contributed by atoms with Crippen LogP contribution in [0.2, 0.25) is 0 Å². The Morgan fingerprint density at radius 3 is 0.875 bits per heavy atom. The van der Waals surface area contributed by atoms with Crippen LogP contribution in [-0.4, -0.2) is 6.54 Å². The Bertz CT molecular complexity index is 335. The van der Waals surface area contributed by atoms with Crippen molar-refractivity contribution in [1.82, 2.24) is 0 Å². The standard InChI is InChI=1S/C31H63N/c1-2-3-4-5-6-7-8-9-10-11-12-13-14-15-16-17-18-19-20-21-22-23-24-25-26-27-28-29-30-31-32/h21-22H,2-20,23-32H2,1H3/b22-21-. The number of allylic oxidation sites excluding steroid dienone is 2. The molecular formula is C31H63N. The quantitative estimate of drug-likeness (QED) is 0.0932. The molecule has 0 radical (unpaired) electrons. The van der Waals surface area contributed by atoms with Crippen molar-refractivity contribution < 1.29 is 0 Å². The van der Waals surface area contributed by atoms with Gasteiger partial charge in [-0.15, -0.1) is 0 Å². The zero-order chi connectivity index (χ0) is 23.2. The molecule has 1 heteroatoms. The van der Waals surface area contributed by atoms with E-state index in [1.54, 1.807) is 0 Å². The van der Waals surface area contributed by atoms with Crippen LogP contribution < -0.4 is 5.73 Å². The predicted molar refractivity (Wildman–Crippen MR) is 149 cm³/mol. The molecule has 1 nitrogen and oxygen atoms in total. The van der Waals surface area contributed by atoms with Gasteiger partial charge in [0.15, 0.2) is 0 Å². The van der Waals surface area contributed by atoms with Gasteiger partial charge >= 0.3 is 0 Å². The zero-order valence-corrected chi connectivity index (χ0v) is 22.5. The van der Waals surface area contributed by atoms with Crippen molar-refractivity contribution in [3.8, 4) is 0 Å². The maximum Gasteiger partial charge on any atom is -0.00773 e. The second kappa shape index (κ2) is 30.7. The summed E-state index contributed by atoms with van der Waals surface area (Å²) in [7, 11) is 0. The minimum Gasteiger partial charge on any atom is -0.330 e. The summed E-state index contributed by atoms with van der Waals surface area (Å²) in [6.45, 7) is 3.17. The molecule has 0 rings (SSSR count). The molecule has 0 aromatic rings. The van der Waals surface area contributed by atoms with Gasteiger partial charge in [0.25, 0.3) is 0 Å². The van der Waals surface area contributed by atoms with Crippen LogP contribution in [0.4, 0.5) is 0 Å². The van der Waals surface area contributed by atoms with Gasteiger partial charge in [-0.25, -0.2) is 0 Å². The molecule has 0 heterocycles. The summed E-state index contributed by atoms with van der Waals surface area (Å²) in [5, 5.41) is 0. The second-order valence-corrected chi connectivity index (χ2v) is 10.3. The zero-order valence-electron chi connectivity index (χ0n) is 22.5. The van der Waals surface area contributed by atoms with Gasteiger partial charge in [0, 0.05) is 0 Å². The van der Waals surface area contributed by atoms with Crippen LogP contribution >= 0.6 is 0 Å². The van der Waals surface area contributed by atoms with Crippen LogP contribution in [0, 0.1) is 0 Å². The van der Waals surface area contributed by atoms with E-state index in [1.165, 1.54) is 173 Å². The Morgan fingerprint density at radius 2 is 0.594 bits per heavy atom. The highest BCUT2D eigenvalue weighted by Gasteiger charge is 1.95. The summed E-state index contributed by atoms with van der Waals surface area (Å²) >= 11 is 0. The molecule has 0 atom stereocenters. The molecule has 0 aliphatic rings. The average molecular weight is 450 g/mol. The largest absolute Gasteiger partial charge is 0.330 e. The number of nitrogens with two attached hydrogens (primary N) is 1. The third-order valence-corrected chi connectivity index (χ3v) is 6.97. The number of unbranched alkanes of at least 4 members (excludes halogenated alkanes) is 25. The van der Waals surface area contributed by atoms with E-state index in [-0.39, 0.29) is 0 Å². The number of hydrogen-bond donors (Lipinski definition) is 1. The molecule has 0 amide bonds. The SMILES string of the molecule is CCCCCCCCCCCCCCCCCCCC/C=C\CCCCCCCCCN. The Hall–Kier alpha value is -0.300. The highest BCUT2D eigenvalue weighted by molar-refractivity contribution is 4.81. The lowest BCUT2D eigenvalue weighted by molar-refractivity contribution is 0.525. The van der Waals surface area contributed by atoms with Gasteiger partial charge in [0.05, 0.1) is 0 Å². The van der Waals surface area contributed by atoms with E-state index in [0.717, 1.165) is 6.54 Å². The van der Waals surface area contributed by atoms with Crippen molar-refractivity contribution in [2.45, 2.75) is 180 Å². The van der Waals surface area contributed by atoms with Gasteiger partial charge < -0.3 is 5.73 Å². The third-order valence-electron chi connectivity index (χ3n) is 6.97. The van der Waals surface area contributed by atoms with Crippen molar-refractivity contribution in [2.75, 3.05) is 6.54 Å². The topological polar surface area (TPSA) is 26.0 Å². The van der Waals surface area contributed by atoms with Crippen LogP contribution in [-0.2, 0) is 0 Å². The Labute approximate surface area is 204 Å². The molecule has 0 bridgehead atoms. The number of rotatable bonds is 28. The first kappa shape index (κ1) is 31.7. The first-order valence-corrected chi connectivity index (χ1v) is 15.3. The fourth-order valence-electron chi connectivity index (χ4n) is 4.69. The lowest BCUT2D eigenvalue weighted by Gasteiger charge is -2.03. The van der Waals surface area contributed by atoms with Crippen molar-refractivity contribution in [1.29, 1.82) is 0 Å². The lowest BCUT2D eigenvalue weighted by Crippen LogP contribution is -1.97. The first-order valence-electron chi connectivity index (χ1n) is 15.3. The molecule has 0 aromatic carbocycles. The highest BCUT2D eigenvalue weighted by atomic mass is 14.5. The first-order chi connectivity index (χ1) is 15.9. The molecule has 0 unspecified atom stereocenters. The van der Waals surface area contributed by atoms with E-state index < -0.39 is 0 Å². The van der Waals surface area contributed by atoms with Crippen molar-refractivity contribution in [3.63, 3.8) is 0 Å². The van der Waals surface area contributed by atoms with Crippen LogP contribution in [0.1, 0.15) is 180 Å². The molecule has 0 fully saturated rings. The molecule has 0 spiro atoms. The third kappa shape index (κ3) is 29.7. The van der Waals surface area contributed by atoms with Crippen molar-refractivity contribution >= 4 is 0 Å². The van der Waals surface area contributed by atoms with E-state index in [1.807, 2.05) is 0 Å². The van der Waals surface area contributed by atoms with E-state index >= 15 is 0 Å². The van der Waals surface area contributed by atoms with E-state index in [2.05, 4.69) is 19.1 Å². The Balaban J connectivity index is 3.05. The van der Waals surface area contributed by atoms with Crippen molar-refractivity contribution in [2.24, 2.45) is 5.73 Å². The molecule has 0 aromatic heterocycles. The molecule has 0 aliphatic carbocycles. The van der Waals surface area contributed by atoms with Gasteiger partial charge in [-0.05, 0) is 38.6 Å². The van der Waals surface area contributed by atoms with Gasteiger partial charge in [-0.1, -0.05) is 160 Å². The Kier molecular flexibility index (Phi) is 30.4. The van der Waals surface area contributed by atoms with Crippen LogP contribution in [0.3, 0.4) is 0 Å². The summed E-state index contributed by atoms with van der Waals surface area (Å²) in [5.41, 5.74) is 5.53. The molecule has 32 heavy (non-hydrogen) atoms. The molecular weight excluding hydrogens is 386 g/mol. The summed E-state index contributed by atoms with van der Waals surface area (Å²) in [6, 6.07) is 0. The monoisotopic (exact) mass is 449 g/mol. The summed E-state index contributed by atoms with van der Waals surface area (Å²) in [4.78, 5) is 0. The van der Waals surface area contributed by atoms with Gasteiger partial charge in [0.1, 0.15) is 0 Å². The van der Waals surface area contributed by atoms with E-state index in [0.29, 0.717) is 0 Å². The van der Waals surface area contributed by atoms with Gasteiger partial charge in [0.2, 0.25) is 0 Å². The maximum absolute atomic E-state index is 5.53. The molecule has 0 aliphatic heterocycles. The fraction of sp³-hybridized carbons (Fsp3) is 0.935. The number of hydrogen-bond acceptors (Lipinski definition) is 1. The van der Waals surface area contributed by atoms with Crippen LogP contribution in [0.5, 0.6) is 0 Å².